The minimum absolute atomic E-state index is 0.617. The SMILES string of the molecule is Cc1cc(C)n(-c2nc3c(cc2C#N)CCCC3)n1. The summed E-state index contributed by atoms with van der Waals surface area (Å²) in [7, 11) is 0. The molecule has 0 bridgehead atoms. The number of pyridine rings is 1. The van der Waals surface area contributed by atoms with Crippen LogP contribution in [0.1, 0.15) is 41.1 Å². The third-order valence-electron chi connectivity index (χ3n) is 3.61. The van der Waals surface area contributed by atoms with E-state index in [0.29, 0.717) is 11.4 Å². The molecule has 3 rings (SSSR count). The third-order valence-corrected chi connectivity index (χ3v) is 3.61. The third kappa shape index (κ3) is 2.01. The van der Waals surface area contributed by atoms with E-state index in [1.807, 2.05) is 26.0 Å². The molecule has 4 nitrogen and oxygen atoms in total. The summed E-state index contributed by atoms with van der Waals surface area (Å²) >= 11 is 0. The molecule has 0 radical (unpaired) electrons. The molecule has 2 heterocycles. The van der Waals surface area contributed by atoms with Gasteiger partial charge in [-0.15, -0.1) is 0 Å². The van der Waals surface area contributed by atoms with Gasteiger partial charge in [0, 0.05) is 11.4 Å². The first-order valence-electron chi connectivity index (χ1n) is 6.65. The molecule has 0 spiro atoms. The van der Waals surface area contributed by atoms with Crippen LogP contribution in [0.5, 0.6) is 0 Å². The average molecular weight is 252 g/mol. The van der Waals surface area contributed by atoms with Crippen molar-refractivity contribution < 1.29 is 0 Å². The van der Waals surface area contributed by atoms with Gasteiger partial charge in [0.1, 0.15) is 6.07 Å². The summed E-state index contributed by atoms with van der Waals surface area (Å²) in [5, 5.41) is 13.8. The van der Waals surface area contributed by atoms with Crippen molar-refractivity contribution in [3.8, 4) is 11.9 Å². The van der Waals surface area contributed by atoms with Crippen LogP contribution in [0.25, 0.3) is 5.82 Å². The number of rotatable bonds is 1. The molecule has 2 aromatic rings. The van der Waals surface area contributed by atoms with Gasteiger partial charge < -0.3 is 0 Å². The summed E-state index contributed by atoms with van der Waals surface area (Å²) in [5.74, 6) is 0.675. The first-order valence-corrected chi connectivity index (χ1v) is 6.65. The molecule has 0 amide bonds. The zero-order valence-corrected chi connectivity index (χ0v) is 11.3. The Kier molecular flexibility index (Phi) is 2.83. The molecule has 1 aliphatic carbocycles. The standard InChI is InChI=1S/C15H16N4/c1-10-7-11(2)19(18-10)15-13(9-16)8-12-5-3-4-6-14(12)17-15/h7-8H,3-6H2,1-2H3. The Morgan fingerprint density at radius 3 is 2.68 bits per heavy atom. The van der Waals surface area contributed by atoms with Crippen LogP contribution >= 0.6 is 0 Å². The molecule has 96 valence electrons. The van der Waals surface area contributed by atoms with E-state index in [1.54, 1.807) is 4.68 Å². The lowest BCUT2D eigenvalue weighted by Gasteiger charge is -2.17. The minimum atomic E-state index is 0.617. The Bertz CT molecular complexity index is 676. The number of aryl methyl sites for hydroxylation is 4. The molecule has 0 aromatic carbocycles. The fourth-order valence-electron chi connectivity index (χ4n) is 2.71. The van der Waals surface area contributed by atoms with Crippen molar-refractivity contribution in [2.45, 2.75) is 39.5 Å². The maximum Gasteiger partial charge on any atom is 0.171 e. The summed E-state index contributed by atoms with van der Waals surface area (Å²) in [5.41, 5.74) is 4.94. The largest absolute Gasteiger partial charge is 0.232 e. The molecule has 0 saturated heterocycles. The highest BCUT2D eigenvalue weighted by Crippen LogP contribution is 2.24. The molecule has 0 atom stereocenters. The fourth-order valence-corrected chi connectivity index (χ4v) is 2.71. The Morgan fingerprint density at radius 1 is 1.21 bits per heavy atom. The maximum atomic E-state index is 9.35. The lowest BCUT2D eigenvalue weighted by molar-refractivity contribution is 0.660. The van der Waals surface area contributed by atoms with Crippen molar-refractivity contribution in [1.82, 2.24) is 14.8 Å². The van der Waals surface area contributed by atoms with Crippen molar-refractivity contribution in [2.24, 2.45) is 0 Å². The maximum absolute atomic E-state index is 9.35. The fraction of sp³-hybridized carbons (Fsp3) is 0.400. The topological polar surface area (TPSA) is 54.5 Å². The van der Waals surface area contributed by atoms with Crippen LogP contribution in [-0.2, 0) is 12.8 Å². The molecule has 0 N–H and O–H groups in total. The summed E-state index contributed by atoms with van der Waals surface area (Å²) < 4.78 is 1.78. The summed E-state index contributed by atoms with van der Waals surface area (Å²) in [4.78, 5) is 4.71. The van der Waals surface area contributed by atoms with Crippen LogP contribution in [0, 0.1) is 25.2 Å². The zero-order valence-electron chi connectivity index (χ0n) is 11.3. The van der Waals surface area contributed by atoms with Crippen molar-refractivity contribution in [3.05, 3.63) is 40.3 Å². The highest BCUT2D eigenvalue weighted by atomic mass is 15.3. The van der Waals surface area contributed by atoms with Gasteiger partial charge in [0.05, 0.1) is 11.3 Å². The monoisotopic (exact) mass is 252 g/mol. The Hall–Kier alpha value is -2.15. The van der Waals surface area contributed by atoms with Gasteiger partial charge in [-0.25, -0.2) is 9.67 Å². The first-order chi connectivity index (χ1) is 9.19. The Labute approximate surface area is 112 Å². The second kappa shape index (κ2) is 4.51. The second-order valence-corrected chi connectivity index (χ2v) is 5.12. The van der Waals surface area contributed by atoms with Gasteiger partial charge in [-0.1, -0.05) is 0 Å². The van der Waals surface area contributed by atoms with Crippen LogP contribution < -0.4 is 0 Å². The number of nitrogens with zero attached hydrogens (tertiary/aromatic N) is 4. The number of aromatic nitrogens is 3. The van der Waals surface area contributed by atoms with E-state index in [2.05, 4.69) is 11.2 Å². The zero-order chi connectivity index (χ0) is 13.4. The van der Waals surface area contributed by atoms with Crippen molar-refractivity contribution in [1.29, 1.82) is 5.26 Å². The molecule has 0 saturated carbocycles. The first kappa shape index (κ1) is 11.9. The smallest absolute Gasteiger partial charge is 0.171 e. The number of hydrogen-bond acceptors (Lipinski definition) is 3. The quantitative estimate of drug-likeness (QED) is 0.784. The molecule has 0 aliphatic heterocycles. The van der Waals surface area contributed by atoms with Crippen LogP contribution in [0.3, 0.4) is 0 Å². The van der Waals surface area contributed by atoms with Crippen molar-refractivity contribution in [2.75, 3.05) is 0 Å². The van der Waals surface area contributed by atoms with E-state index in [0.717, 1.165) is 29.9 Å². The van der Waals surface area contributed by atoms with E-state index in [-0.39, 0.29) is 0 Å². The minimum Gasteiger partial charge on any atom is -0.232 e. The molecule has 19 heavy (non-hydrogen) atoms. The van der Waals surface area contributed by atoms with Crippen molar-refractivity contribution >= 4 is 0 Å². The lowest BCUT2D eigenvalue weighted by Crippen LogP contribution is -2.12. The van der Waals surface area contributed by atoms with Crippen LogP contribution in [0.15, 0.2) is 12.1 Å². The Morgan fingerprint density at radius 2 is 2.00 bits per heavy atom. The summed E-state index contributed by atoms with van der Waals surface area (Å²) in [6.07, 6.45) is 4.42. The van der Waals surface area contributed by atoms with Crippen LogP contribution in [-0.4, -0.2) is 14.8 Å². The highest BCUT2D eigenvalue weighted by Gasteiger charge is 2.17. The van der Waals surface area contributed by atoms with Gasteiger partial charge >= 0.3 is 0 Å². The van der Waals surface area contributed by atoms with Gasteiger partial charge in [-0.2, -0.15) is 10.4 Å². The van der Waals surface area contributed by atoms with Gasteiger partial charge in [0.15, 0.2) is 5.82 Å². The predicted octanol–water partition coefficient (Wildman–Crippen LogP) is 2.63. The molecular formula is C15H16N4. The molecule has 4 heteroatoms. The normalized spacial score (nSPS) is 13.9. The van der Waals surface area contributed by atoms with E-state index >= 15 is 0 Å². The van der Waals surface area contributed by atoms with Gasteiger partial charge in [0.2, 0.25) is 0 Å². The number of fused-ring (bicyclic) bond motifs is 1. The van der Waals surface area contributed by atoms with Crippen molar-refractivity contribution in [3.63, 3.8) is 0 Å². The van der Waals surface area contributed by atoms with Crippen LogP contribution in [0.2, 0.25) is 0 Å². The average Bonchev–Trinajstić information content (AvgIpc) is 2.76. The molecule has 0 unspecified atom stereocenters. The van der Waals surface area contributed by atoms with E-state index in [1.165, 1.54) is 18.4 Å². The summed E-state index contributed by atoms with van der Waals surface area (Å²) in [6, 6.07) is 6.25. The molecular weight excluding hydrogens is 236 g/mol. The number of hydrogen-bond donors (Lipinski definition) is 0. The van der Waals surface area contributed by atoms with Crippen LogP contribution in [0.4, 0.5) is 0 Å². The molecule has 0 fully saturated rings. The van der Waals surface area contributed by atoms with E-state index in [4.69, 9.17) is 4.98 Å². The van der Waals surface area contributed by atoms with Gasteiger partial charge in [-0.05, 0) is 57.2 Å². The highest BCUT2D eigenvalue weighted by molar-refractivity contribution is 5.48. The van der Waals surface area contributed by atoms with Gasteiger partial charge in [0.25, 0.3) is 0 Å². The lowest BCUT2D eigenvalue weighted by atomic mass is 9.95. The number of nitriles is 1. The summed E-state index contributed by atoms with van der Waals surface area (Å²) in [6.45, 7) is 3.94. The van der Waals surface area contributed by atoms with E-state index in [9.17, 15) is 5.26 Å². The van der Waals surface area contributed by atoms with E-state index < -0.39 is 0 Å². The predicted molar refractivity (Wildman–Crippen MR) is 72.2 cm³/mol. The van der Waals surface area contributed by atoms with Gasteiger partial charge in [-0.3, -0.25) is 0 Å². The molecule has 2 aromatic heterocycles. The Balaban J connectivity index is 2.20. The second-order valence-electron chi connectivity index (χ2n) is 5.12. The molecule has 1 aliphatic rings.